The van der Waals surface area contributed by atoms with Crippen molar-refractivity contribution in [3.05, 3.63) is 57.3 Å². The minimum Gasteiger partial charge on any atom is -0.334 e. The number of aromatic nitrogens is 2. The fraction of sp³-hybridized carbons (Fsp3) is 0.312. The Labute approximate surface area is 136 Å². The molecule has 0 N–H and O–H groups in total. The van der Waals surface area contributed by atoms with Gasteiger partial charge < -0.3 is 4.90 Å². The number of benzene rings is 1. The Bertz CT molecular complexity index is 865. The van der Waals surface area contributed by atoms with Crippen LogP contribution in [0.4, 0.5) is 4.39 Å². The van der Waals surface area contributed by atoms with Crippen molar-refractivity contribution in [2.24, 2.45) is 0 Å². The molecule has 1 amide bonds. The maximum atomic E-state index is 13.8. The van der Waals surface area contributed by atoms with E-state index in [0.29, 0.717) is 36.8 Å². The molecule has 2 aromatic rings. The van der Waals surface area contributed by atoms with Crippen molar-refractivity contribution in [1.29, 1.82) is 0 Å². The van der Waals surface area contributed by atoms with Crippen molar-refractivity contribution in [2.75, 3.05) is 12.3 Å². The first-order chi connectivity index (χ1) is 11.1. The molecular weight excluding hydrogens is 317 g/mol. The highest BCUT2D eigenvalue weighted by Crippen LogP contribution is 2.24. The monoisotopic (exact) mass is 331 g/mol. The molecule has 0 saturated carbocycles. The third-order valence-electron chi connectivity index (χ3n) is 4.28. The second-order valence-corrected chi connectivity index (χ2v) is 6.68. The molecule has 0 radical (unpaired) electrons. The van der Waals surface area contributed by atoms with E-state index in [-0.39, 0.29) is 22.8 Å². The van der Waals surface area contributed by atoms with E-state index in [9.17, 15) is 14.0 Å². The summed E-state index contributed by atoms with van der Waals surface area (Å²) in [7, 11) is 0. The fourth-order valence-corrected chi connectivity index (χ4v) is 3.98. The standard InChI is InChI=1S/C16H14FN3O2S/c17-13-3-1-2-10-9-19(5-4-11(10)13)14(21)12-8-18-16-20(15(12)22)6-7-23-16/h1-3,8H,4-7,9H2. The van der Waals surface area contributed by atoms with Crippen LogP contribution in [-0.4, -0.2) is 32.7 Å². The van der Waals surface area contributed by atoms with E-state index >= 15 is 0 Å². The molecule has 0 spiro atoms. The van der Waals surface area contributed by atoms with E-state index < -0.39 is 0 Å². The van der Waals surface area contributed by atoms with Crippen LogP contribution in [0.5, 0.6) is 0 Å². The van der Waals surface area contributed by atoms with Gasteiger partial charge in [0, 0.05) is 31.6 Å². The lowest BCUT2D eigenvalue weighted by molar-refractivity contribution is 0.0730. The van der Waals surface area contributed by atoms with Gasteiger partial charge in [-0.05, 0) is 23.6 Å². The second kappa shape index (κ2) is 5.49. The Hall–Kier alpha value is -2.15. The normalized spacial score (nSPS) is 16.1. The molecule has 0 fully saturated rings. The van der Waals surface area contributed by atoms with Gasteiger partial charge in [-0.3, -0.25) is 14.2 Å². The van der Waals surface area contributed by atoms with Gasteiger partial charge in [0.1, 0.15) is 11.4 Å². The zero-order valence-corrected chi connectivity index (χ0v) is 13.1. The lowest BCUT2D eigenvalue weighted by Gasteiger charge is -2.29. The molecule has 0 atom stereocenters. The number of halogens is 1. The Balaban J connectivity index is 1.65. The molecule has 0 unspecified atom stereocenters. The number of hydrogen-bond donors (Lipinski definition) is 0. The fourth-order valence-electron chi connectivity index (χ4n) is 3.07. The molecule has 5 nitrogen and oxygen atoms in total. The van der Waals surface area contributed by atoms with Gasteiger partial charge in [0.25, 0.3) is 11.5 Å². The average Bonchev–Trinajstić information content (AvgIpc) is 3.04. The molecule has 0 saturated heterocycles. The predicted octanol–water partition coefficient (Wildman–Crippen LogP) is 1.69. The quantitative estimate of drug-likeness (QED) is 0.746. The third-order valence-corrected chi connectivity index (χ3v) is 5.25. The molecule has 0 aliphatic carbocycles. The van der Waals surface area contributed by atoms with Gasteiger partial charge in [-0.15, -0.1) is 0 Å². The van der Waals surface area contributed by atoms with E-state index in [1.54, 1.807) is 15.5 Å². The van der Waals surface area contributed by atoms with E-state index in [4.69, 9.17) is 0 Å². The van der Waals surface area contributed by atoms with Crippen molar-refractivity contribution in [2.45, 2.75) is 24.7 Å². The van der Waals surface area contributed by atoms with Gasteiger partial charge in [0.2, 0.25) is 0 Å². The van der Waals surface area contributed by atoms with Crippen LogP contribution in [0.1, 0.15) is 21.5 Å². The van der Waals surface area contributed by atoms with Crippen LogP contribution in [0.15, 0.2) is 34.3 Å². The van der Waals surface area contributed by atoms with Crippen LogP contribution in [0.3, 0.4) is 0 Å². The Morgan fingerprint density at radius 3 is 3.04 bits per heavy atom. The van der Waals surface area contributed by atoms with Crippen LogP contribution in [-0.2, 0) is 19.5 Å². The summed E-state index contributed by atoms with van der Waals surface area (Å²) in [5.74, 6) is 0.242. The molecule has 4 rings (SSSR count). The second-order valence-electron chi connectivity index (χ2n) is 5.61. The van der Waals surface area contributed by atoms with Crippen LogP contribution in [0.2, 0.25) is 0 Å². The van der Waals surface area contributed by atoms with Gasteiger partial charge in [0.15, 0.2) is 5.16 Å². The lowest BCUT2D eigenvalue weighted by atomic mass is 9.99. The summed E-state index contributed by atoms with van der Waals surface area (Å²) in [4.78, 5) is 30.9. The smallest absolute Gasteiger partial charge is 0.267 e. The van der Waals surface area contributed by atoms with Crippen LogP contribution < -0.4 is 5.56 Å². The topological polar surface area (TPSA) is 55.2 Å². The highest BCUT2D eigenvalue weighted by Gasteiger charge is 2.27. The largest absolute Gasteiger partial charge is 0.334 e. The molecule has 1 aromatic heterocycles. The lowest BCUT2D eigenvalue weighted by Crippen LogP contribution is -2.40. The van der Waals surface area contributed by atoms with Crippen molar-refractivity contribution >= 4 is 17.7 Å². The van der Waals surface area contributed by atoms with Crippen LogP contribution >= 0.6 is 11.8 Å². The number of carbonyl (C=O) groups excluding carboxylic acids is 1. The number of fused-ring (bicyclic) bond motifs is 2. The van der Waals surface area contributed by atoms with Gasteiger partial charge in [-0.2, -0.15) is 0 Å². The van der Waals surface area contributed by atoms with Crippen molar-refractivity contribution in [1.82, 2.24) is 14.5 Å². The molecule has 2 aliphatic heterocycles. The highest BCUT2D eigenvalue weighted by molar-refractivity contribution is 7.99. The zero-order chi connectivity index (χ0) is 16.0. The molecule has 0 bridgehead atoms. The van der Waals surface area contributed by atoms with E-state index in [2.05, 4.69) is 4.98 Å². The number of amides is 1. The first-order valence-corrected chi connectivity index (χ1v) is 8.42. The molecule has 118 valence electrons. The minimum absolute atomic E-state index is 0.0936. The van der Waals surface area contributed by atoms with Crippen LogP contribution in [0, 0.1) is 5.82 Å². The maximum absolute atomic E-state index is 13.8. The summed E-state index contributed by atoms with van der Waals surface area (Å²) in [6.07, 6.45) is 1.83. The van der Waals surface area contributed by atoms with Crippen LogP contribution in [0.25, 0.3) is 0 Å². The van der Waals surface area contributed by atoms with E-state index in [0.717, 1.165) is 11.3 Å². The van der Waals surface area contributed by atoms with Gasteiger partial charge >= 0.3 is 0 Å². The highest BCUT2D eigenvalue weighted by atomic mass is 32.2. The summed E-state index contributed by atoms with van der Waals surface area (Å²) < 4.78 is 15.3. The average molecular weight is 331 g/mol. The minimum atomic E-state index is -0.329. The molecule has 23 heavy (non-hydrogen) atoms. The summed E-state index contributed by atoms with van der Waals surface area (Å²) in [6.45, 7) is 1.31. The van der Waals surface area contributed by atoms with Crippen molar-refractivity contribution < 1.29 is 9.18 Å². The van der Waals surface area contributed by atoms with E-state index in [1.807, 2.05) is 6.07 Å². The maximum Gasteiger partial charge on any atom is 0.267 e. The number of carbonyl (C=O) groups is 1. The summed E-state index contributed by atoms with van der Waals surface area (Å²) >= 11 is 1.52. The molecule has 7 heteroatoms. The molecule has 3 heterocycles. The number of thioether (sulfide) groups is 1. The summed E-state index contributed by atoms with van der Waals surface area (Å²) in [5, 5.41) is 0.664. The molecule has 2 aliphatic rings. The summed E-state index contributed by atoms with van der Waals surface area (Å²) in [6, 6.07) is 4.90. The Morgan fingerprint density at radius 1 is 1.30 bits per heavy atom. The first-order valence-electron chi connectivity index (χ1n) is 7.43. The SMILES string of the molecule is O=C(c1cnc2n(c1=O)CCS2)N1CCc2c(F)cccc2C1. The zero-order valence-electron chi connectivity index (χ0n) is 12.3. The summed E-state index contributed by atoms with van der Waals surface area (Å²) in [5.41, 5.74) is 1.28. The number of hydrogen-bond acceptors (Lipinski definition) is 4. The van der Waals surface area contributed by atoms with Gasteiger partial charge in [-0.25, -0.2) is 9.37 Å². The molecular formula is C16H14FN3O2S. The van der Waals surface area contributed by atoms with Gasteiger partial charge in [0.05, 0.1) is 0 Å². The molecule has 1 aromatic carbocycles. The Morgan fingerprint density at radius 2 is 2.17 bits per heavy atom. The number of rotatable bonds is 1. The van der Waals surface area contributed by atoms with Crippen molar-refractivity contribution in [3.63, 3.8) is 0 Å². The van der Waals surface area contributed by atoms with Gasteiger partial charge in [-0.1, -0.05) is 23.9 Å². The van der Waals surface area contributed by atoms with Crippen molar-refractivity contribution in [3.8, 4) is 0 Å². The third kappa shape index (κ3) is 2.35. The first kappa shape index (κ1) is 14.4. The predicted molar refractivity (Wildman–Crippen MR) is 84.1 cm³/mol. The Kier molecular flexibility index (Phi) is 3.45. The van der Waals surface area contributed by atoms with E-state index in [1.165, 1.54) is 24.0 Å². The number of nitrogens with zero attached hydrogens (tertiary/aromatic N) is 3.